The first-order valence-electron chi connectivity index (χ1n) is 9.57. The summed E-state index contributed by atoms with van der Waals surface area (Å²) in [5, 5.41) is 33.3. The molecule has 0 aromatic heterocycles. The molecule has 0 aliphatic rings. The number of hydrogen-bond acceptors (Lipinski definition) is 7. The molecule has 176 valence electrons. The fraction of sp³-hybridized carbons (Fsp3) is 0.667. The number of carbonyl (C=O) groups excluding carboxylic acids is 3. The van der Waals surface area contributed by atoms with E-state index in [4.69, 9.17) is 21.1 Å². The SMILES string of the molecule is CC(C)CC(N)C(=O)NC(CC(=O)O)C(=O)NC(C)C(=O)NC(CCC(=O)O)C(=O)O. The van der Waals surface area contributed by atoms with E-state index in [0.717, 1.165) is 0 Å². The van der Waals surface area contributed by atoms with E-state index in [1.165, 1.54) is 6.92 Å². The molecule has 31 heavy (non-hydrogen) atoms. The van der Waals surface area contributed by atoms with E-state index in [1.54, 1.807) is 0 Å². The first-order chi connectivity index (χ1) is 14.2. The standard InChI is InChI=1S/C18H30N4O9/c1-8(2)6-10(19)16(28)22-12(7-14(25)26)17(29)20-9(3)15(27)21-11(18(30)31)4-5-13(23)24/h8-12H,4-7,19H2,1-3H3,(H,20,29)(H,21,27)(H,22,28)(H,23,24)(H,25,26)(H,30,31). The molecule has 8 N–H and O–H groups in total. The Morgan fingerprint density at radius 2 is 1.32 bits per heavy atom. The van der Waals surface area contributed by atoms with Crippen LogP contribution in [-0.4, -0.2) is 75.1 Å². The quantitative estimate of drug-likeness (QED) is 0.159. The van der Waals surface area contributed by atoms with Gasteiger partial charge in [0.25, 0.3) is 0 Å². The van der Waals surface area contributed by atoms with Gasteiger partial charge >= 0.3 is 17.9 Å². The van der Waals surface area contributed by atoms with Gasteiger partial charge in [0.1, 0.15) is 18.1 Å². The molecule has 0 aromatic rings. The second-order valence-electron chi connectivity index (χ2n) is 7.46. The Morgan fingerprint density at radius 3 is 1.77 bits per heavy atom. The summed E-state index contributed by atoms with van der Waals surface area (Å²) in [4.78, 5) is 69.5. The van der Waals surface area contributed by atoms with Crippen LogP contribution in [0.15, 0.2) is 0 Å². The molecule has 4 unspecified atom stereocenters. The minimum Gasteiger partial charge on any atom is -0.481 e. The highest BCUT2D eigenvalue weighted by atomic mass is 16.4. The first kappa shape index (κ1) is 27.8. The van der Waals surface area contributed by atoms with Crippen molar-refractivity contribution in [2.45, 2.75) is 70.6 Å². The van der Waals surface area contributed by atoms with Crippen molar-refractivity contribution in [1.82, 2.24) is 16.0 Å². The molecule has 0 saturated carbocycles. The molecule has 0 saturated heterocycles. The van der Waals surface area contributed by atoms with Crippen molar-refractivity contribution in [3.63, 3.8) is 0 Å². The number of nitrogens with one attached hydrogen (secondary N) is 3. The minimum atomic E-state index is -1.51. The van der Waals surface area contributed by atoms with Crippen LogP contribution in [0.3, 0.4) is 0 Å². The molecule has 0 rings (SSSR count). The van der Waals surface area contributed by atoms with Gasteiger partial charge in [-0.25, -0.2) is 4.79 Å². The number of nitrogens with two attached hydrogens (primary N) is 1. The normalized spacial score (nSPS) is 14.6. The van der Waals surface area contributed by atoms with E-state index in [0.29, 0.717) is 6.42 Å². The molecule has 0 fully saturated rings. The molecule has 4 atom stereocenters. The topological polar surface area (TPSA) is 225 Å². The van der Waals surface area contributed by atoms with Crippen molar-refractivity contribution in [3.8, 4) is 0 Å². The lowest BCUT2D eigenvalue weighted by molar-refractivity contribution is -0.144. The number of aliphatic carboxylic acids is 3. The van der Waals surface area contributed by atoms with E-state index >= 15 is 0 Å². The van der Waals surface area contributed by atoms with Crippen LogP contribution in [0.4, 0.5) is 0 Å². The summed E-state index contributed by atoms with van der Waals surface area (Å²) in [5.74, 6) is -6.63. The van der Waals surface area contributed by atoms with Gasteiger partial charge in [-0.05, 0) is 25.7 Å². The summed E-state index contributed by atoms with van der Waals surface area (Å²) in [6.07, 6.45) is -1.33. The van der Waals surface area contributed by atoms with Crippen LogP contribution in [0.2, 0.25) is 0 Å². The fourth-order valence-electron chi connectivity index (χ4n) is 2.48. The molecule has 0 bridgehead atoms. The van der Waals surface area contributed by atoms with Crippen molar-refractivity contribution in [2.24, 2.45) is 11.7 Å². The Hall–Kier alpha value is -3.22. The van der Waals surface area contributed by atoms with Crippen LogP contribution in [0.5, 0.6) is 0 Å². The molecule has 0 spiro atoms. The van der Waals surface area contributed by atoms with Gasteiger partial charge in [-0.2, -0.15) is 0 Å². The predicted octanol–water partition coefficient (Wildman–Crippen LogP) is -1.74. The van der Waals surface area contributed by atoms with E-state index in [2.05, 4.69) is 16.0 Å². The van der Waals surface area contributed by atoms with Crippen molar-refractivity contribution < 1.29 is 44.1 Å². The van der Waals surface area contributed by atoms with Crippen LogP contribution in [0.1, 0.15) is 46.5 Å². The Bertz CT molecular complexity index is 696. The van der Waals surface area contributed by atoms with Crippen LogP contribution >= 0.6 is 0 Å². The lowest BCUT2D eigenvalue weighted by atomic mass is 10.0. The molecular weight excluding hydrogens is 416 g/mol. The Labute approximate surface area is 178 Å². The Balaban J connectivity index is 5.07. The molecule has 3 amide bonds. The second-order valence-corrected chi connectivity index (χ2v) is 7.46. The summed E-state index contributed by atoms with van der Waals surface area (Å²) in [6.45, 7) is 4.87. The highest BCUT2D eigenvalue weighted by Gasteiger charge is 2.30. The molecule has 0 aliphatic heterocycles. The van der Waals surface area contributed by atoms with Gasteiger partial charge in [-0.1, -0.05) is 13.8 Å². The lowest BCUT2D eigenvalue weighted by Gasteiger charge is -2.23. The molecular formula is C18H30N4O9. The van der Waals surface area contributed by atoms with Gasteiger partial charge in [0.2, 0.25) is 17.7 Å². The molecule has 13 nitrogen and oxygen atoms in total. The fourth-order valence-corrected chi connectivity index (χ4v) is 2.48. The molecule has 13 heteroatoms. The smallest absolute Gasteiger partial charge is 0.326 e. The van der Waals surface area contributed by atoms with Gasteiger partial charge in [-0.15, -0.1) is 0 Å². The first-order valence-corrected chi connectivity index (χ1v) is 9.57. The maximum atomic E-state index is 12.4. The number of rotatable bonds is 14. The maximum Gasteiger partial charge on any atom is 0.326 e. The second kappa shape index (κ2) is 13.2. The summed E-state index contributed by atoms with van der Waals surface area (Å²) >= 11 is 0. The number of amides is 3. The largest absolute Gasteiger partial charge is 0.481 e. The molecule has 0 radical (unpaired) electrons. The summed E-state index contributed by atoms with van der Waals surface area (Å²) in [7, 11) is 0. The van der Waals surface area contributed by atoms with Crippen LogP contribution in [-0.2, 0) is 28.8 Å². The molecule has 0 aliphatic carbocycles. The summed E-state index contributed by atoms with van der Waals surface area (Å²) in [6, 6.07) is -5.26. The van der Waals surface area contributed by atoms with Crippen LogP contribution in [0.25, 0.3) is 0 Å². The van der Waals surface area contributed by atoms with Gasteiger partial charge in [0.05, 0.1) is 12.5 Å². The van der Waals surface area contributed by atoms with E-state index < -0.39 is 72.6 Å². The zero-order chi connectivity index (χ0) is 24.3. The van der Waals surface area contributed by atoms with Crippen molar-refractivity contribution in [1.29, 1.82) is 0 Å². The van der Waals surface area contributed by atoms with Crippen molar-refractivity contribution >= 4 is 35.6 Å². The van der Waals surface area contributed by atoms with E-state index in [1.807, 2.05) is 13.8 Å². The predicted molar refractivity (Wildman–Crippen MR) is 106 cm³/mol. The zero-order valence-corrected chi connectivity index (χ0v) is 17.6. The maximum absolute atomic E-state index is 12.4. The summed E-state index contributed by atoms with van der Waals surface area (Å²) in [5.41, 5.74) is 5.73. The highest BCUT2D eigenvalue weighted by molar-refractivity contribution is 5.95. The third-order valence-corrected chi connectivity index (χ3v) is 4.09. The average Bonchev–Trinajstić information content (AvgIpc) is 2.62. The monoisotopic (exact) mass is 446 g/mol. The number of hydrogen-bond donors (Lipinski definition) is 7. The van der Waals surface area contributed by atoms with Crippen molar-refractivity contribution in [2.75, 3.05) is 0 Å². The van der Waals surface area contributed by atoms with Gasteiger partial charge in [0.15, 0.2) is 0 Å². The third kappa shape index (κ3) is 11.5. The van der Waals surface area contributed by atoms with Crippen LogP contribution < -0.4 is 21.7 Å². The van der Waals surface area contributed by atoms with Crippen molar-refractivity contribution in [3.05, 3.63) is 0 Å². The Kier molecular flexibility index (Phi) is 11.8. The third-order valence-electron chi connectivity index (χ3n) is 4.09. The zero-order valence-electron chi connectivity index (χ0n) is 17.6. The van der Waals surface area contributed by atoms with E-state index in [-0.39, 0.29) is 12.3 Å². The highest BCUT2D eigenvalue weighted by Crippen LogP contribution is 2.04. The van der Waals surface area contributed by atoms with E-state index in [9.17, 15) is 28.8 Å². The Morgan fingerprint density at radius 1 is 0.774 bits per heavy atom. The van der Waals surface area contributed by atoms with Gasteiger partial charge in [0, 0.05) is 6.42 Å². The number of carboxylic acids is 3. The van der Waals surface area contributed by atoms with Crippen LogP contribution in [0, 0.1) is 5.92 Å². The van der Waals surface area contributed by atoms with Gasteiger partial charge in [-0.3, -0.25) is 24.0 Å². The average molecular weight is 446 g/mol. The van der Waals surface area contributed by atoms with Gasteiger partial charge < -0.3 is 37.0 Å². The molecule has 0 aromatic carbocycles. The number of carboxylic acid groups (broad SMARTS) is 3. The summed E-state index contributed by atoms with van der Waals surface area (Å²) < 4.78 is 0. The lowest BCUT2D eigenvalue weighted by Crippen LogP contribution is -2.56. The molecule has 0 heterocycles. The number of carbonyl (C=O) groups is 6. The minimum absolute atomic E-state index is 0.0829.